The zero-order chi connectivity index (χ0) is 18.5. The van der Waals surface area contributed by atoms with E-state index in [0.717, 1.165) is 23.0 Å². The van der Waals surface area contributed by atoms with Crippen LogP contribution in [0.3, 0.4) is 0 Å². The monoisotopic (exact) mass is 371 g/mol. The molecule has 0 fully saturated rings. The lowest BCUT2D eigenvalue weighted by Gasteiger charge is -2.11. The predicted molar refractivity (Wildman–Crippen MR) is 98.5 cm³/mol. The second-order valence-electron chi connectivity index (χ2n) is 5.35. The van der Waals surface area contributed by atoms with Gasteiger partial charge in [0.05, 0.1) is 25.9 Å². The molecule has 8 heteroatoms. The molecule has 0 spiro atoms. The van der Waals surface area contributed by atoms with Crippen LogP contribution in [0.4, 0.5) is 5.82 Å². The Balaban J connectivity index is 1.76. The molecule has 7 nitrogen and oxygen atoms in total. The number of aliphatic hydroxyl groups excluding tert-OH is 1. The van der Waals surface area contributed by atoms with Gasteiger partial charge >= 0.3 is 0 Å². The van der Waals surface area contributed by atoms with Crippen molar-refractivity contribution in [2.24, 2.45) is 0 Å². The Labute approximate surface area is 154 Å². The lowest BCUT2D eigenvalue weighted by Crippen LogP contribution is -2.21. The molecule has 2 N–H and O–H groups in total. The first-order valence-electron chi connectivity index (χ1n) is 7.72. The third-order valence-corrected chi connectivity index (χ3v) is 4.30. The molecule has 1 atom stereocenters. The molecule has 0 aliphatic heterocycles. The van der Waals surface area contributed by atoms with Crippen LogP contribution in [0, 0.1) is 0 Å². The minimum Gasteiger partial charge on any atom is -0.497 e. The highest BCUT2D eigenvalue weighted by Gasteiger charge is 2.21. The number of aliphatic hydroxyl groups is 1. The highest BCUT2D eigenvalue weighted by atomic mass is 32.1. The third-order valence-electron chi connectivity index (χ3n) is 3.77. The summed E-state index contributed by atoms with van der Waals surface area (Å²) < 4.78 is 18.5. The van der Waals surface area contributed by atoms with Gasteiger partial charge in [0.2, 0.25) is 0 Å². The summed E-state index contributed by atoms with van der Waals surface area (Å²) >= 11 is 0.981. The number of aromatic nitrogens is 2. The predicted octanol–water partition coefficient (Wildman–Crippen LogP) is 2.89. The smallest absolute Gasteiger partial charge is 0.259 e. The summed E-state index contributed by atoms with van der Waals surface area (Å²) in [7, 11) is 3.14. The molecule has 3 rings (SSSR count). The number of ether oxygens (including phenoxy) is 2. The zero-order valence-corrected chi connectivity index (χ0v) is 15.0. The van der Waals surface area contributed by atoms with Gasteiger partial charge in [-0.15, -0.1) is 0 Å². The van der Waals surface area contributed by atoms with Crippen LogP contribution in [0.25, 0.3) is 11.3 Å². The molecule has 26 heavy (non-hydrogen) atoms. The fourth-order valence-electron chi connectivity index (χ4n) is 2.33. The average Bonchev–Trinajstić information content (AvgIpc) is 3.15. The maximum absolute atomic E-state index is 12.4. The van der Waals surface area contributed by atoms with E-state index in [1.165, 1.54) is 0 Å². The number of carbonyl (C=O) groups is 1. The van der Waals surface area contributed by atoms with Gasteiger partial charge in [0.1, 0.15) is 17.2 Å². The first kappa shape index (κ1) is 17.8. The zero-order valence-electron chi connectivity index (χ0n) is 14.2. The van der Waals surface area contributed by atoms with Crippen molar-refractivity contribution in [1.82, 2.24) is 8.75 Å². The summed E-state index contributed by atoms with van der Waals surface area (Å²) in [5.41, 5.74) is 1.78. The summed E-state index contributed by atoms with van der Waals surface area (Å²) in [6, 6.07) is 13.9. The maximum atomic E-state index is 12.4. The Kier molecular flexibility index (Phi) is 5.45. The second kappa shape index (κ2) is 7.94. The Morgan fingerprint density at radius 1 is 1.00 bits per heavy atom. The Morgan fingerprint density at radius 2 is 1.58 bits per heavy atom. The second-order valence-corrected chi connectivity index (χ2v) is 5.88. The van der Waals surface area contributed by atoms with Crippen LogP contribution in [0.15, 0.2) is 48.5 Å². The van der Waals surface area contributed by atoms with E-state index < -0.39 is 12.0 Å². The fraction of sp³-hybridized carbons (Fsp3) is 0.167. The lowest BCUT2D eigenvalue weighted by molar-refractivity contribution is -0.124. The lowest BCUT2D eigenvalue weighted by atomic mass is 10.1. The van der Waals surface area contributed by atoms with Crippen LogP contribution in [0.2, 0.25) is 0 Å². The molecule has 2 aromatic carbocycles. The van der Waals surface area contributed by atoms with E-state index in [1.807, 2.05) is 12.1 Å². The van der Waals surface area contributed by atoms with E-state index in [2.05, 4.69) is 14.1 Å². The SMILES string of the molecule is COc1ccc(-c2nsnc2NC(=O)C(O)c2ccc(OC)cc2)cc1. The Morgan fingerprint density at radius 3 is 2.15 bits per heavy atom. The molecule has 134 valence electrons. The molecule has 0 aliphatic carbocycles. The van der Waals surface area contributed by atoms with Crippen molar-refractivity contribution in [3.05, 3.63) is 54.1 Å². The number of methoxy groups -OCH3 is 2. The van der Waals surface area contributed by atoms with Gasteiger partial charge in [0, 0.05) is 5.56 Å². The molecule has 1 amide bonds. The van der Waals surface area contributed by atoms with E-state index in [1.54, 1.807) is 50.6 Å². The van der Waals surface area contributed by atoms with Crippen LogP contribution in [0.5, 0.6) is 11.5 Å². The van der Waals surface area contributed by atoms with Gasteiger partial charge in [-0.3, -0.25) is 4.79 Å². The average molecular weight is 371 g/mol. The summed E-state index contributed by atoms with van der Waals surface area (Å²) in [5.74, 6) is 1.08. The highest BCUT2D eigenvalue weighted by Crippen LogP contribution is 2.28. The van der Waals surface area contributed by atoms with Crippen LogP contribution < -0.4 is 14.8 Å². The van der Waals surface area contributed by atoms with Crippen LogP contribution in [0.1, 0.15) is 11.7 Å². The minimum atomic E-state index is -1.33. The molecule has 0 saturated heterocycles. The Hall–Kier alpha value is -2.97. The molecular formula is C18H17N3O4S. The van der Waals surface area contributed by atoms with E-state index in [9.17, 15) is 9.90 Å². The molecule has 1 unspecified atom stereocenters. The maximum Gasteiger partial charge on any atom is 0.259 e. The molecule has 3 aromatic rings. The Bertz CT molecular complexity index is 878. The van der Waals surface area contributed by atoms with E-state index >= 15 is 0 Å². The van der Waals surface area contributed by atoms with Gasteiger partial charge in [-0.1, -0.05) is 12.1 Å². The number of anilines is 1. The van der Waals surface area contributed by atoms with Gasteiger partial charge in [0.25, 0.3) is 5.91 Å². The molecule has 0 radical (unpaired) electrons. The van der Waals surface area contributed by atoms with Crippen molar-refractivity contribution >= 4 is 23.5 Å². The number of nitrogens with one attached hydrogen (secondary N) is 1. The van der Waals surface area contributed by atoms with E-state index in [4.69, 9.17) is 9.47 Å². The molecule has 0 bridgehead atoms. The standard InChI is InChI=1S/C18H17N3O4S/c1-24-13-7-3-11(4-8-13)15-17(21-26-20-15)19-18(23)16(22)12-5-9-14(25-2)10-6-12/h3-10,16,22H,1-2H3,(H,19,21,23). The van der Waals surface area contributed by atoms with Gasteiger partial charge in [-0.05, 0) is 42.0 Å². The number of benzene rings is 2. The minimum absolute atomic E-state index is 0.303. The first-order chi connectivity index (χ1) is 12.6. The summed E-state index contributed by atoms with van der Waals surface area (Å²) in [4.78, 5) is 12.4. The van der Waals surface area contributed by atoms with E-state index in [0.29, 0.717) is 22.8 Å². The third kappa shape index (κ3) is 3.81. The summed E-state index contributed by atoms with van der Waals surface area (Å²) in [5, 5.41) is 12.9. The number of hydrogen-bond acceptors (Lipinski definition) is 7. The number of carbonyl (C=O) groups excluding carboxylic acids is 1. The van der Waals surface area contributed by atoms with Gasteiger partial charge in [0.15, 0.2) is 11.9 Å². The van der Waals surface area contributed by atoms with Crippen LogP contribution >= 0.6 is 11.7 Å². The largest absolute Gasteiger partial charge is 0.497 e. The van der Waals surface area contributed by atoms with Crippen molar-refractivity contribution in [2.75, 3.05) is 19.5 Å². The van der Waals surface area contributed by atoms with Crippen molar-refractivity contribution in [2.45, 2.75) is 6.10 Å². The van der Waals surface area contributed by atoms with Crippen molar-refractivity contribution in [3.63, 3.8) is 0 Å². The molecule has 0 saturated carbocycles. The van der Waals surface area contributed by atoms with Crippen LogP contribution in [-0.4, -0.2) is 34.0 Å². The topological polar surface area (TPSA) is 93.6 Å². The first-order valence-corrected chi connectivity index (χ1v) is 8.45. The number of hydrogen-bond donors (Lipinski definition) is 2. The number of nitrogens with zero attached hydrogens (tertiary/aromatic N) is 2. The van der Waals surface area contributed by atoms with Crippen LogP contribution in [-0.2, 0) is 4.79 Å². The molecular weight excluding hydrogens is 354 g/mol. The van der Waals surface area contributed by atoms with Crippen molar-refractivity contribution < 1.29 is 19.4 Å². The number of amides is 1. The number of rotatable bonds is 6. The van der Waals surface area contributed by atoms with Crippen molar-refractivity contribution in [1.29, 1.82) is 0 Å². The summed E-state index contributed by atoms with van der Waals surface area (Å²) in [6.07, 6.45) is -1.33. The van der Waals surface area contributed by atoms with Crippen molar-refractivity contribution in [3.8, 4) is 22.8 Å². The molecule has 1 heterocycles. The summed E-state index contributed by atoms with van der Waals surface area (Å²) in [6.45, 7) is 0. The van der Waals surface area contributed by atoms with Gasteiger partial charge in [-0.2, -0.15) is 8.75 Å². The normalized spacial score (nSPS) is 11.7. The highest BCUT2D eigenvalue weighted by molar-refractivity contribution is 6.99. The molecule has 1 aromatic heterocycles. The van der Waals surface area contributed by atoms with Gasteiger partial charge in [-0.25, -0.2) is 0 Å². The quantitative estimate of drug-likeness (QED) is 0.692. The fourth-order valence-corrected chi connectivity index (χ4v) is 2.86. The molecule has 0 aliphatic rings. The van der Waals surface area contributed by atoms with Gasteiger partial charge < -0.3 is 19.9 Å². The van der Waals surface area contributed by atoms with E-state index in [-0.39, 0.29) is 0 Å².